The molecule has 0 saturated carbocycles. The molecule has 9 nitrogen and oxygen atoms in total. The second-order valence-corrected chi connectivity index (χ2v) is 7.46. The summed E-state index contributed by atoms with van der Waals surface area (Å²) in [6, 6.07) is 9.40. The average Bonchev–Trinajstić information content (AvgIpc) is 2.81. The van der Waals surface area contributed by atoms with Crippen molar-refractivity contribution in [1.29, 1.82) is 0 Å². The Morgan fingerprint density at radius 1 is 1.26 bits per heavy atom. The highest BCUT2D eigenvalue weighted by atomic mass is 16.5. The molecular formula is C22H26N6O3. The Hall–Kier alpha value is -3.30. The topological polar surface area (TPSA) is 102 Å². The molecule has 3 aromatic rings. The largest absolute Gasteiger partial charge is 0.484 e. The van der Waals surface area contributed by atoms with E-state index in [-0.39, 0.29) is 18.6 Å². The number of ether oxygens (including phenoxy) is 2. The quantitative estimate of drug-likeness (QED) is 0.592. The number of amides is 1. The summed E-state index contributed by atoms with van der Waals surface area (Å²) in [5.74, 6) is 1.21. The summed E-state index contributed by atoms with van der Waals surface area (Å²) in [5.41, 5.74) is 3.17. The first-order chi connectivity index (χ1) is 15.1. The number of anilines is 1. The second-order valence-electron chi connectivity index (χ2n) is 7.46. The van der Waals surface area contributed by atoms with Crippen LogP contribution in [0.3, 0.4) is 0 Å². The van der Waals surface area contributed by atoms with Crippen LogP contribution in [0.15, 0.2) is 42.7 Å². The van der Waals surface area contributed by atoms with Crippen molar-refractivity contribution in [3.63, 3.8) is 0 Å². The lowest BCUT2D eigenvalue weighted by molar-refractivity contribution is -0.130. The van der Waals surface area contributed by atoms with E-state index in [1.165, 1.54) is 4.90 Å². The van der Waals surface area contributed by atoms with Gasteiger partial charge in [0.25, 0.3) is 5.91 Å². The van der Waals surface area contributed by atoms with E-state index < -0.39 is 0 Å². The Bertz CT molecular complexity index is 1040. The Morgan fingerprint density at radius 2 is 2.06 bits per heavy atom. The lowest BCUT2D eigenvalue weighted by Gasteiger charge is -2.24. The van der Waals surface area contributed by atoms with Gasteiger partial charge in [0.2, 0.25) is 0 Å². The second kappa shape index (κ2) is 9.67. The highest BCUT2D eigenvalue weighted by molar-refractivity contribution is 5.88. The molecule has 0 spiro atoms. The number of carbonyl (C=O) groups excluding carboxylic acids is 1. The smallest absolute Gasteiger partial charge is 0.259 e. The number of hydrogen-bond acceptors (Lipinski definition) is 8. The van der Waals surface area contributed by atoms with Crippen molar-refractivity contribution < 1.29 is 14.3 Å². The molecule has 1 aromatic carbocycles. The van der Waals surface area contributed by atoms with Crippen molar-refractivity contribution in [3.05, 3.63) is 42.7 Å². The number of aromatic nitrogens is 3. The summed E-state index contributed by atoms with van der Waals surface area (Å²) >= 11 is 0. The number of carbonyl (C=O) groups is 1. The van der Waals surface area contributed by atoms with Gasteiger partial charge in [-0.15, -0.1) is 0 Å². The molecule has 1 aliphatic heterocycles. The maximum absolute atomic E-state index is 11.7. The van der Waals surface area contributed by atoms with Gasteiger partial charge in [-0.05, 0) is 30.3 Å². The van der Waals surface area contributed by atoms with E-state index >= 15 is 0 Å². The van der Waals surface area contributed by atoms with E-state index in [1.807, 2.05) is 30.3 Å². The number of pyridine rings is 1. The van der Waals surface area contributed by atoms with Gasteiger partial charge >= 0.3 is 0 Å². The van der Waals surface area contributed by atoms with Crippen LogP contribution in [0, 0.1) is 0 Å². The van der Waals surface area contributed by atoms with Crippen molar-refractivity contribution >= 4 is 22.8 Å². The van der Waals surface area contributed by atoms with Gasteiger partial charge in [-0.3, -0.25) is 9.78 Å². The van der Waals surface area contributed by atoms with E-state index in [2.05, 4.69) is 20.6 Å². The van der Waals surface area contributed by atoms with Gasteiger partial charge in [0.15, 0.2) is 12.4 Å². The molecule has 4 rings (SSSR count). The molecule has 3 heterocycles. The van der Waals surface area contributed by atoms with Crippen LogP contribution in [0.25, 0.3) is 22.3 Å². The zero-order valence-electron chi connectivity index (χ0n) is 17.7. The van der Waals surface area contributed by atoms with Crippen LogP contribution in [0.2, 0.25) is 0 Å². The predicted octanol–water partition coefficient (Wildman–Crippen LogP) is 1.56. The van der Waals surface area contributed by atoms with Crippen LogP contribution in [0.5, 0.6) is 5.75 Å². The molecular weight excluding hydrogens is 396 g/mol. The van der Waals surface area contributed by atoms with E-state index in [9.17, 15) is 4.79 Å². The summed E-state index contributed by atoms with van der Waals surface area (Å²) < 4.78 is 11.3. The molecule has 0 bridgehead atoms. The van der Waals surface area contributed by atoms with Gasteiger partial charge in [0.1, 0.15) is 11.3 Å². The van der Waals surface area contributed by atoms with Gasteiger partial charge < -0.3 is 25.0 Å². The molecule has 2 aromatic heterocycles. The number of hydrogen-bond donors (Lipinski definition) is 2. The minimum Gasteiger partial charge on any atom is -0.484 e. The zero-order valence-corrected chi connectivity index (χ0v) is 17.7. The van der Waals surface area contributed by atoms with Crippen LogP contribution in [-0.2, 0) is 9.53 Å². The van der Waals surface area contributed by atoms with Gasteiger partial charge in [0, 0.05) is 51.7 Å². The van der Waals surface area contributed by atoms with Gasteiger partial charge in [-0.2, -0.15) is 0 Å². The Balaban J connectivity index is 1.53. The predicted molar refractivity (Wildman–Crippen MR) is 118 cm³/mol. The molecule has 1 aliphatic rings. The number of nitrogens with zero attached hydrogens (tertiary/aromatic N) is 4. The molecule has 9 heteroatoms. The van der Waals surface area contributed by atoms with Crippen molar-refractivity contribution in [1.82, 2.24) is 25.2 Å². The van der Waals surface area contributed by atoms with Crippen molar-refractivity contribution in [2.45, 2.75) is 6.10 Å². The van der Waals surface area contributed by atoms with Crippen molar-refractivity contribution in [2.24, 2.45) is 0 Å². The van der Waals surface area contributed by atoms with Gasteiger partial charge in [-0.25, -0.2) is 9.97 Å². The first-order valence-electron chi connectivity index (χ1n) is 10.2. The summed E-state index contributed by atoms with van der Waals surface area (Å²) in [4.78, 5) is 26.9. The highest BCUT2D eigenvalue weighted by Gasteiger charge is 2.15. The third-order valence-electron chi connectivity index (χ3n) is 4.97. The van der Waals surface area contributed by atoms with E-state index in [4.69, 9.17) is 14.5 Å². The summed E-state index contributed by atoms with van der Waals surface area (Å²) in [6.07, 6.45) is 3.41. The van der Waals surface area contributed by atoms with E-state index in [0.29, 0.717) is 24.7 Å². The van der Waals surface area contributed by atoms with Crippen LogP contribution in [0.1, 0.15) is 0 Å². The van der Waals surface area contributed by atoms with Crippen LogP contribution < -0.4 is 15.4 Å². The average molecular weight is 422 g/mol. The SMILES string of the molecule is CN(C)C(=O)COc1ccc(-c2cc3nccnc3c(NC[C@@H]3CNCCO3)n2)cc1. The van der Waals surface area contributed by atoms with Gasteiger partial charge in [0.05, 0.1) is 23.9 Å². The molecule has 1 fully saturated rings. The molecule has 31 heavy (non-hydrogen) atoms. The molecule has 0 radical (unpaired) electrons. The summed E-state index contributed by atoms with van der Waals surface area (Å²) in [6.45, 7) is 3.01. The molecule has 0 unspecified atom stereocenters. The molecule has 162 valence electrons. The fourth-order valence-corrected chi connectivity index (χ4v) is 3.20. The number of fused-ring (bicyclic) bond motifs is 1. The van der Waals surface area contributed by atoms with Crippen LogP contribution in [0.4, 0.5) is 5.82 Å². The molecule has 1 amide bonds. The van der Waals surface area contributed by atoms with Crippen molar-refractivity contribution in [3.8, 4) is 17.0 Å². The van der Waals surface area contributed by atoms with E-state index in [1.54, 1.807) is 26.5 Å². The standard InChI is InChI=1S/C22H26N6O3/c1-28(2)20(29)14-31-16-5-3-15(4-6-16)18-11-19-21(25-8-7-24-19)22(27-18)26-13-17-12-23-9-10-30-17/h3-8,11,17,23H,9-10,12-14H2,1-2H3,(H,26,27)/t17-/m0/s1. The minimum absolute atomic E-state index is 0.00231. The van der Waals surface area contributed by atoms with Crippen LogP contribution in [-0.4, -0.2) is 78.8 Å². The summed E-state index contributed by atoms with van der Waals surface area (Å²) in [5, 5.41) is 6.70. The summed E-state index contributed by atoms with van der Waals surface area (Å²) in [7, 11) is 3.40. The third-order valence-corrected chi connectivity index (χ3v) is 4.97. The zero-order chi connectivity index (χ0) is 21.6. The fourth-order valence-electron chi connectivity index (χ4n) is 3.20. The normalized spacial score (nSPS) is 16.1. The number of morpholine rings is 1. The Morgan fingerprint density at radius 3 is 2.81 bits per heavy atom. The third kappa shape index (κ3) is 5.25. The number of benzene rings is 1. The molecule has 0 aliphatic carbocycles. The van der Waals surface area contributed by atoms with Gasteiger partial charge in [-0.1, -0.05) is 0 Å². The first kappa shape index (κ1) is 21.0. The highest BCUT2D eigenvalue weighted by Crippen LogP contribution is 2.27. The maximum Gasteiger partial charge on any atom is 0.259 e. The van der Waals surface area contributed by atoms with Crippen molar-refractivity contribution in [2.75, 3.05) is 52.3 Å². The number of rotatable bonds is 7. The fraction of sp³-hybridized carbons (Fsp3) is 0.364. The lowest BCUT2D eigenvalue weighted by Crippen LogP contribution is -2.42. The number of likely N-dealkylation sites (N-methyl/N-ethyl adjacent to an activating group) is 1. The molecule has 1 atom stereocenters. The Labute approximate surface area is 180 Å². The van der Waals surface area contributed by atoms with E-state index in [0.717, 1.165) is 35.4 Å². The Kier molecular flexibility index (Phi) is 6.54. The lowest BCUT2D eigenvalue weighted by atomic mass is 10.1. The molecule has 1 saturated heterocycles. The number of nitrogens with one attached hydrogen (secondary N) is 2. The minimum atomic E-state index is -0.0910. The first-order valence-corrected chi connectivity index (χ1v) is 10.2. The monoisotopic (exact) mass is 422 g/mol. The molecule has 2 N–H and O–H groups in total. The maximum atomic E-state index is 11.7. The van der Waals surface area contributed by atoms with Crippen LogP contribution >= 0.6 is 0 Å².